The summed E-state index contributed by atoms with van der Waals surface area (Å²) >= 11 is 0. The number of nitrogens with zero attached hydrogens (tertiary/aromatic N) is 2. The molecule has 1 aromatic heterocycles. The van der Waals surface area contributed by atoms with E-state index >= 15 is 0 Å². The van der Waals surface area contributed by atoms with Gasteiger partial charge in [0.1, 0.15) is 5.69 Å². The van der Waals surface area contributed by atoms with E-state index in [1.165, 1.54) is 0 Å². The molecule has 2 amide bonds. The van der Waals surface area contributed by atoms with E-state index in [0.29, 0.717) is 18.7 Å². The second-order valence-corrected chi connectivity index (χ2v) is 7.12. The minimum Gasteiger partial charge on any atom is -0.379 e. The fraction of sp³-hybridized carbons (Fsp3) is 0.632. The molecular weight excluding hydrogens is 332 g/mol. The molecule has 0 unspecified atom stereocenters. The average molecular weight is 362 g/mol. The predicted octanol–water partition coefficient (Wildman–Crippen LogP) is 0.981. The van der Waals surface area contributed by atoms with Gasteiger partial charge >= 0.3 is 0 Å². The Hall–Kier alpha value is -1.99. The van der Waals surface area contributed by atoms with Gasteiger partial charge in [-0.25, -0.2) is 4.98 Å². The van der Waals surface area contributed by atoms with E-state index in [4.69, 9.17) is 4.74 Å². The molecule has 2 rings (SSSR count). The lowest BCUT2D eigenvalue weighted by Gasteiger charge is -2.35. The summed E-state index contributed by atoms with van der Waals surface area (Å²) in [4.78, 5) is 31.2. The van der Waals surface area contributed by atoms with Crippen LogP contribution in [-0.2, 0) is 9.53 Å². The molecule has 3 atom stereocenters. The van der Waals surface area contributed by atoms with Crippen LogP contribution < -0.4 is 10.6 Å². The molecule has 0 spiro atoms. The summed E-state index contributed by atoms with van der Waals surface area (Å²) in [6.45, 7) is 3.28. The summed E-state index contributed by atoms with van der Waals surface area (Å²) in [5.41, 5.74) is 1.18. The van der Waals surface area contributed by atoms with Gasteiger partial charge in [0, 0.05) is 31.8 Å². The maximum atomic E-state index is 12.5. The van der Waals surface area contributed by atoms with E-state index in [9.17, 15) is 9.59 Å². The summed E-state index contributed by atoms with van der Waals surface area (Å²) in [7, 11) is 5.59. The largest absolute Gasteiger partial charge is 0.379 e. The van der Waals surface area contributed by atoms with Crippen molar-refractivity contribution < 1.29 is 14.3 Å². The minimum atomic E-state index is -0.227. The van der Waals surface area contributed by atoms with Crippen LogP contribution in [0.1, 0.15) is 35.4 Å². The monoisotopic (exact) mass is 362 g/mol. The lowest BCUT2D eigenvalue weighted by atomic mass is 9.83. The van der Waals surface area contributed by atoms with Crippen molar-refractivity contribution in [1.82, 2.24) is 20.5 Å². The van der Waals surface area contributed by atoms with Gasteiger partial charge in [0.15, 0.2) is 0 Å². The zero-order chi connectivity index (χ0) is 19.1. The summed E-state index contributed by atoms with van der Waals surface area (Å²) in [5, 5.41) is 5.99. The molecule has 1 aromatic rings. The molecule has 1 aliphatic rings. The van der Waals surface area contributed by atoms with E-state index < -0.39 is 0 Å². The molecule has 2 N–H and O–H groups in total. The number of rotatable bonds is 7. The highest BCUT2D eigenvalue weighted by atomic mass is 16.5. The van der Waals surface area contributed by atoms with Gasteiger partial charge in [0.2, 0.25) is 5.91 Å². The Labute approximate surface area is 155 Å². The van der Waals surface area contributed by atoms with Crippen molar-refractivity contribution in [3.05, 3.63) is 29.6 Å². The number of carbonyl (C=O) groups excluding carboxylic acids is 2. The van der Waals surface area contributed by atoms with Gasteiger partial charge in [-0.1, -0.05) is 6.07 Å². The number of pyridine rings is 1. The van der Waals surface area contributed by atoms with Crippen LogP contribution >= 0.6 is 0 Å². The Morgan fingerprint density at radius 3 is 2.73 bits per heavy atom. The number of likely N-dealkylation sites (N-methyl/N-ethyl adjacent to an activating group) is 1. The molecule has 1 aliphatic carbocycles. The fourth-order valence-corrected chi connectivity index (χ4v) is 3.27. The Kier molecular flexibility index (Phi) is 7.53. The van der Waals surface area contributed by atoms with Gasteiger partial charge in [0.05, 0.1) is 12.1 Å². The van der Waals surface area contributed by atoms with Crippen molar-refractivity contribution in [2.24, 2.45) is 5.92 Å². The Bertz CT molecular complexity index is 621. The first-order valence-corrected chi connectivity index (χ1v) is 9.10. The van der Waals surface area contributed by atoms with E-state index in [-0.39, 0.29) is 29.9 Å². The van der Waals surface area contributed by atoms with Gasteiger partial charge in [-0.15, -0.1) is 0 Å². The first kappa shape index (κ1) is 20.3. The highest BCUT2D eigenvalue weighted by Gasteiger charge is 2.35. The molecule has 0 aliphatic heterocycles. The fourth-order valence-electron chi connectivity index (χ4n) is 3.27. The maximum Gasteiger partial charge on any atom is 0.270 e. The second-order valence-electron chi connectivity index (χ2n) is 7.12. The van der Waals surface area contributed by atoms with Crippen LogP contribution in [0.15, 0.2) is 18.2 Å². The topological polar surface area (TPSA) is 83.6 Å². The molecule has 0 bridgehead atoms. The summed E-state index contributed by atoms with van der Waals surface area (Å²) < 4.78 is 5.53. The summed E-state index contributed by atoms with van der Waals surface area (Å²) in [6, 6.07) is 5.16. The van der Waals surface area contributed by atoms with Gasteiger partial charge in [-0.2, -0.15) is 0 Å². The average Bonchev–Trinajstić information content (AvgIpc) is 2.61. The molecule has 7 heteroatoms. The highest BCUT2D eigenvalue weighted by molar-refractivity contribution is 5.92. The van der Waals surface area contributed by atoms with Crippen LogP contribution in [0.5, 0.6) is 0 Å². The van der Waals surface area contributed by atoms with E-state index in [1.54, 1.807) is 13.2 Å². The van der Waals surface area contributed by atoms with Crippen molar-refractivity contribution in [2.75, 3.05) is 34.3 Å². The third kappa shape index (κ3) is 5.78. The standard InChI is InChI=1S/C19H30N4O3/c1-13-6-5-7-15(21-13)19(25)22-16-12-14(8-9-17(16)26-4)18(24)20-10-11-23(2)3/h5-7,14,16-17H,8-12H2,1-4H3,(H,20,24)(H,22,25)/t14-,16+,17+/m0/s1. The Balaban J connectivity index is 1.96. The van der Waals surface area contributed by atoms with Crippen molar-refractivity contribution >= 4 is 11.8 Å². The van der Waals surface area contributed by atoms with Gasteiger partial charge in [0.25, 0.3) is 5.91 Å². The van der Waals surface area contributed by atoms with Crippen molar-refractivity contribution in [2.45, 2.75) is 38.3 Å². The van der Waals surface area contributed by atoms with Crippen LogP contribution in [0.3, 0.4) is 0 Å². The van der Waals surface area contributed by atoms with Gasteiger partial charge < -0.3 is 20.3 Å². The predicted molar refractivity (Wildman–Crippen MR) is 99.9 cm³/mol. The first-order chi connectivity index (χ1) is 12.4. The van der Waals surface area contributed by atoms with Crippen LogP contribution in [0.2, 0.25) is 0 Å². The van der Waals surface area contributed by atoms with Crippen LogP contribution in [0, 0.1) is 12.8 Å². The number of aryl methyl sites for hydroxylation is 1. The molecule has 0 saturated heterocycles. The highest BCUT2D eigenvalue weighted by Crippen LogP contribution is 2.27. The van der Waals surface area contributed by atoms with Crippen molar-refractivity contribution in [1.29, 1.82) is 0 Å². The van der Waals surface area contributed by atoms with Gasteiger partial charge in [-0.05, 0) is 52.4 Å². The molecule has 26 heavy (non-hydrogen) atoms. The molecule has 0 aromatic carbocycles. The normalized spacial score (nSPS) is 22.9. The molecular formula is C19H30N4O3. The van der Waals surface area contributed by atoms with Crippen molar-refractivity contribution in [3.63, 3.8) is 0 Å². The van der Waals surface area contributed by atoms with E-state index in [1.807, 2.05) is 38.1 Å². The molecule has 1 heterocycles. The lowest BCUT2D eigenvalue weighted by Crippen LogP contribution is -2.50. The maximum absolute atomic E-state index is 12.5. The summed E-state index contributed by atoms with van der Waals surface area (Å²) in [5.74, 6) is -0.289. The number of aromatic nitrogens is 1. The van der Waals surface area contributed by atoms with E-state index in [0.717, 1.165) is 25.1 Å². The number of nitrogens with one attached hydrogen (secondary N) is 2. The number of hydrogen-bond acceptors (Lipinski definition) is 5. The number of amides is 2. The van der Waals surface area contributed by atoms with Crippen molar-refractivity contribution in [3.8, 4) is 0 Å². The van der Waals surface area contributed by atoms with Crippen LogP contribution in [-0.4, -0.2) is 68.1 Å². The summed E-state index contributed by atoms with van der Waals surface area (Å²) in [6.07, 6.45) is 1.99. The molecule has 144 valence electrons. The third-order valence-corrected chi connectivity index (χ3v) is 4.76. The molecule has 1 saturated carbocycles. The Morgan fingerprint density at radius 2 is 2.08 bits per heavy atom. The third-order valence-electron chi connectivity index (χ3n) is 4.76. The molecule has 0 radical (unpaired) electrons. The zero-order valence-electron chi connectivity index (χ0n) is 16.1. The first-order valence-electron chi connectivity index (χ1n) is 9.10. The minimum absolute atomic E-state index is 0.0503. The van der Waals surface area contributed by atoms with E-state index in [2.05, 4.69) is 15.6 Å². The zero-order valence-corrected chi connectivity index (χ0v) is 16.1. The molecule has 1 fully saturated rings. The number of carbonyl (C=O) groups is 2. The second kappa shape index (κ2) is 9.64. The number of hydrogen-bond donors (Lipinski definition) is 2. The molecule has 7 nitrogen and oxygen atoms in total. The lowest BCUT2D eigenvalue weighted by molar-refractivity contribution is -0.127. The number of methoxy groups -OCH3 is 1. The quantitative estimate of drug-likeness (QED) is 0.755. The number of ether oxygens (including phenoxy) is 1. The SMILES string of the molecule is CO[C@@H]1CC[C@H](C(=O)NCCN(C)C)C[C@H]1NC(=O)c1cccc(C)n1. The Morgan fingerprint density at radius 1 is 1.31 bits per heavy atom. The smallest absolute Gasteiger partial charge is 0.270 e. The van der Waals surface area contributed by atoms with Crippen LogP contribution in [0.4, 0.5) is 0 Å². The van der Waals surface area contributed by atoms with Gasteiger partial charge in [-0.3, -0.25) is 9.59 Å². The van der Waals surface area contributed by atoms with Crippen LogP contribution in [0.25, 0.3) is 0 Å².